The number of hydrogen-bond donors (Lipinski definition) is 0. The van der Waals surface area contributed by atoms with Gasteiger partial charge < -0.3 is 14.2 Å². The van der Waals surface area contributed by atoms with Crippen LogP contribution in [0.15, 0.2) is 48.6 Å². The molecule has 0 radical (unpaired) electrons. The first-order chi connectivity index (χ1) is 11.6. The van der Waals surface area contributed by atoms with Crippen molar-refractivity contribution in [1.29, 1.82) is 0 Å². The molecule has 1 aliphatic rings. The first-order valence-electron chi connectivity index (χ1n) is 8.21. The molecule has 4 nitrogen and oxygen atoms in total. The van der Waals surface area contributed by atoms with Gasteiger partial charge in [0.15, 0.2) is 11.5 Å². The van der Waals surface area contributed by atoms with E-state index in [0.29, 0.717) is 19.3 Å². The summed E-state index contributed by atoms with van der Waals surface area (Å²) in [6.45, 7) is 4.77. The van der Waals surface area contributed by atoms with Crippen molar-refractivity contribution in [1.82, 2.24) is 0 Å². The number of unbranched alkanes of at least 4 members (excludes halogenated alkanes) is 1. The Hall–Kier alpha value is -2.49. The molecular formula is C20H24O4. The predicted molar refractivity (Wildman–Crippen MR) is 94.9 cm³/mol. The van der Waals surface area contributed by atoms with Crippen LogP contribution in [-0.4, -0.2) is 19.4 Å². The number of rotatable bonds is 8. The molecule has 0 bridgehead atoms. The summed E-state index contributed by atoms with van der Waals surface area (Å²) < 4.78 is 15.7. The first-order valence-corrected chi connectivity index (χ1v) is 8.21. The van der Waals surface area contributed by atoms with E-state index in [1.54, 1.807) is 6.08 Å². The zero-order chi connectivity index (χ0) is 17.2. The second-order valence-corrected chi connectivity index (χ2v) is 5.90. The molecule has 0 unspecified atom stereocenters. The fourth-order valence-electron chi connectivity index (χ4n) is 2.03. The highest BCUT2D eigenvalue weighted by molar-refractivity contribution is 5.82. The van der Waals surface area contributed by atoms with Gasteiger partial charge in [-0.3, -0.25) is 0 Å². The van der Waals surface area contributed by atoms with Crippen molar-refractivity contribution in [2.75, 3.05) is 13.4 Å². The van der Waals surface area contributed by atoms with Crippen molar-refractivity contribution in [3.63, 3.8) is 0 Å². The summed E-state index contributed by atoms with van der Waals surface area (Å²) in [4.78, 5) is 11.3. The van der Waals surface area contributed by atoms with Crippen LogP contribution in [0.2, 0.25) is 0 Å². The van der Waals surface area contributed by atoms with Crippen molar-refractivity contribution < 1.29 is 19.0 Å². The fraction of sp³-hybridized carbons (Fsp3) is 0.350. The Morgan fingerprint density at radius 2 is 1.96 bits per heavy atom. The molecule has 0 fully saturated rings. The standard InChI is InChI=1S/C20H24O4/c1-16(2)14-22-20(21)10-8-6-4-3-5-7-9-17-11-12-18-19(13-17)24-15-23-18/h4,6-13,16H,3,5,14-15H2,1-2H3/b6-4+,9-7+,10-8+. The van der Waals surface area contributed by atoms with Crippen LogP contribution in [0.5, 0.6) is 11.5 Å². The summed E-state index contributed by atoms with van der Waals surface area (Å²) in [5.74, 6) is 1.66. The van der Waals surface area contributed by atoms with E-state index in [2.05, 4.69) is 12.2 Å². The fourth-order valence-corrected chi connectivity index (χ4v) is 2.03. The zero-order valence-electron chi connectivity index (χ0n) is 14.2. The minimum absolute atomic E-state index is 0.295. The number of carbonyl (C=O) groups excluding carboxylic acids is 1. The molecule has 1 aromatic rings. The van der Waals surface area contributed by atoms with E-state index in [4.69, 9.17) is 14.2 Å². The van der Waals surface area contributed by atoms with Crippen molar-refractivity contribution >= 4 is 12.0 Å². The number of ether oxygens (including phenoxy) is 3. The maximum absolute atomic E-state index is 11.3. The van der Waals surface area contributed by atoms with Crippen molar-refractivity contribution in [3.8, 4) is 11.5 Å². The summed E-state index contributed by atoms with van der Waals surface area (Å²) in [7, 11) is 0. The maximum Gasteiger partial charge on any atom is 0.330 e. The summed E-state index contributed by atoms with van der Waals surface area (Å²) in [5, 5.41) is 0. The smallest absolute Gasteiger partial charge is 0.330 e. The normalized spacial score (nSPS) is 13.6. The molecule has 0 saturated carbocycles. The Morgan fingerprint density at radius 1 is 1.17 bits per heavy atom. The van der Waals surface area contributed by atoms with Gasteiger partial charge in [0.05, 0.1) is 6.61 Å². The van der Waals surface area contributed by atoms with Gasteiger partial charge in [-0.25, -0.2) is 4.79 Å². The van der Waals surface area contributed by atoms with Crippen LogP contribution in [-0.2, 0) is 9.53 Å². The van der Waals surface area contributed by atoms with Crippen LogP contribution >= 0.6 is 0 Å². The average molecular weight is 328 g/mol. The molecule has 2 rings (SSSR count). The average Bonchev–Trinajstić information content (AvgIpc) is 3.03. The van der Waals surface area contributed by atoms with Gasteiger partial charge in [0.2, 0.25) is 6.79 Å². The molecule has 1 aromatic carbocycles. The molecular weight excluding hydrogens is 304 g/mol. The van der Waals surface area contributed by atoms with Gasteiger partial charge in [0.1, 0.15) is 0 Å². The van der Waals surface area contributed by atoms with E-state index in [-0.39, 0.29) is 5.97 Å². The molecule has 0 aromatic heterocycles. The minimum atomic E-state index is -0.295. The molecule has 0 saturated heterocycles. The summed E-state index contributed by atoms with van der Waals surface area (Å²) >= 11 is 0. The SMILES string of the molecule is CC(C)COC(=O)/C=C/C=C/CC/C=C/c1ccc2c(c1)OCO2. The number of carbonyl (C=O) groups is 1. The van der Waals surface area contributed by atoms with Gasteiger partial charge in [-0.1, -0.05) is 50.3 Å². The molecule has 0 spiro atoms. The highest BCUT2D eigenvalue weighted by atomic mass is 16.7. The zero-order valence-corrected chi connectivity index (χ0v) is 14.2. The second kappa shape index (κ2) is 9.60. The lowest BCUT2D eigenvalue weighted by Crippen LogP contribution is -2.06. The third kappa shape index (κ3) is 6.32. The molecule has 1 heterocycles. The molecule has 24 heavy (non-hydrogen) atoms. The largest absolute Gasteiger partial charge is 0.462 e. The molecule has 0 amide bonds. The lowest BCUT2D eigenvalue weighted by molar-refractivity contribution is -0.138. The van der Waals surface area contributed by atoms with Crippen LogP contribution in [0, 0.1) is 5.92 Å². The Morgan fingerprint density at radius 3 is 2.79 bits per heavy atom. The van der Waals surface area contributed by atoms with Crippen LogP contribution in [0.1, 0.15) is 32.3 Å². The Kier molecular flexibility index (Phi) is 7.15. The third-order valence-electron chi connectivity index (χ3n) is 3.25. The highest BCUT2D eigenvalue weighted by Gasteiger charge is 2.11. The summed E-state index contributed by atoms with van der Waals surface area (Å²) in [6, 6.07) is 5.90. The summed E-state index contributed by atoms with van der Waals surface area (Å²) in [6.07, 6.45) is 13.1. The first kappa shape index (κ1) is 17.9. The van der Waals surface area contributed by atoms with Crippen molar-refractivity contribution in [2.24, 2.45) is 5.92 Å². The molecule has 0 aliphatic carbocycles. The van der Waals surface area contributed by atoms with Crippen LogP contribution in [0.25, 0.3) is 6.08 Å². The number of benzene rings is 1. The number of fused-ring (bicyclic) bond motifs is 1. The van der Waals surface area contributed by atoms with Crippen molar-refractivity contribution in [3.05, 3.63) is 54.1 Å². The molecule has 1 aliphatic heterocycles. The molecule has 0 N–H and O–H groups in total. The van der Waals surface area contributed by atoms with Crippen molar-refractivity contribution in [2.45, 2.75) is 26.7 Å². The second-order valence-electron chi connectivity index (χ2n) is 5.90. The molecule has 0 atom stereocenters. The van der Waals surface area contributed by atoms with Gasteiger partial charge in [0, 0.05) is 6.08 Å². The van der Waals surface area contributed by atoms with E-state index in [9.17, 15) is 4.79 Å². The van der Waals surface area contributed by atoms with E-state index in [1.807, 2.05) is 44.2 Å². The van der Waals surface area contributed by atoms with E-state index >= 15 is 0 Å². The van der Waals surface area contributed by atoms with Crippen LogP contribution in [0.4, 0.5) is 0 Å². The van der Waals surface area contributed by atoms with Gasteiger partial charge in [-0.05, 0) is 36.5 Å². The maximum atomic E-state index is 11.3. The lowest BCUT2D eigenvalue weighted by Gasteiger charge is -2.03. The van der Waals surface area contributed by atoms with E-state index in [0.717, 1.165) is 29.9 Å². The van der Waals surface area contributed by atoms with Gasteiger partial charge in [-0.2, -0.15) is 0 Å². The summed E-state index contributed by atoms with van der Waals surface area (Å²) in [5.41, 5.74) is 1.09. The third-order valence-corrected chi connectivity index (χ3v) is 3.25. The lowest BCUT2D eigenvalue weighted by atomic mass is 10.1. The van der Waals surface area contributed by atoms with E-state index in [1.165, 1.54) is 6.08 Å². The van der Waals surface area contributed by atoms with Crippen LogP contribution < -0.4 is 9.47 Å². The predicted octanol–water partition coefficient (Wildman–Crippen LogP) is 4.52. The minimum Gasteiger partial charge on any atom is -0.462 e. The van der Waals surface area contributed by atoms with Gasteiger partial charge in [-0.15, -0.1) is 0 Å². The number of esters is 1. The van der Waals surface area contributed by atoms with E-state index < -0.39 is 0 Å². The Bertz CT molecular complexity index is 627. The quantitative estimate of drug-likeness (QED) is 0.305. The van der Waals surface area contributed by atoms with Gasteiger partial charge in [0.25, 0.3) is 0 Å². The number of hydrogen-bond acceptors (Lipinski definition) is 4. The monoisotopic (exact) mass is 328 g/mol. The van der Waals surface area contributed by atoms with Crippen LogP contribution in [0.3, 0.4) is 0 Å². The molecule has 4 heteroatoms. The Labute approximate surface area is 143 Å². The molecule has 128 valence electrons. The van der Waals surface area contributed by atoms with Gasteiger partial charge >= 0.3 is 5.97 Å². The number of allylic oxidation sites excluding steroid dienone is 4. The highest BCUT2D eigenvalue weighted by Crippen LogP contribution is 2.32. The Balaban J connectivity index is 1.64. The topological polar surface area (TPSA) is 44.8 Å².